The van der Waals surface area contributed by atoms with Crippen LogP contribution in [0.3, 0.4) is 0 Å². The van der Waals surface area contributed by atoms with Gasteiger partial charge in [-0.2, -0.15) is 0 Å². The molecule has 0 saturated heterocycles. The smallest absolute Gasteiger partial charge is 0.408 e. The van der Waals surface area contributed by atoms with E-state index in [9.17, 15) is 39.3 Å². The van der Waals surface area contributed by atoms with Crippen LogP contribution in [0.1, 0.15) is 145 Å². The maximum Gasteiger partial charge on any atom is 0.408 e. The van der Waals surface area contributed by atoms with Crippen molar-refractivity contribution in [1.29, 1.82) is 0 Å². The molecule has 0 aliphatic heterocycles. The van der Waals surface area contributed by atoms with E-state index in [0.717, 1.165) is 31.2 Å². The Hall–Kier alpha value is -3.75. The molecule has 8 atom stereocenters. The average Bonchev–Trinajstić information content (AvgIpc) is 3.15. The number of carboxylic acids is 1. The fraction of sp³-hybridized carbons (Fsp3) is 0.750. The zero-order chi connectivity index (χ0) is 43.8. The Balaban J connectivity index is 3.21. The van der Waals surface area contributed by atoms with Gasteiger partial charge >= 0.3 is 18.0 Å². The summed E-state index contributed by atoms with van der Waals surface area (Å²) in [4.78, 5) is 65.5. The summed E-state index contributed by atoms with van der Waals surface area (Å²) in [5.74, 6) is -6.09. The largest absolute Gasteiger partial charge is 0.481 e. The van der Waals surface area contributed by atoms with Crippen molar-refractivity contribution in [2.24, 2.45) is 17.8 Å². The predicted molar refractivity (Wildman–Crippen MR) is 223 cm³/mol. The van der Waals surface area contributed by atoms with Crippen LogP contribution in [0.2, 0.25) is 0 Å². The highest BCUT2D eigenvalue weighted by atomic mass is 16.6. The van der Waals surface area contributed by atoms with E-state index in [-0.39, 0.29) is 13.2 Å². The molecule has 0 radical (unpaired) electrons. The quantitative estimate of drug-likeness (QED) is 0.0383. The van der Waals surface area contributed by atoms with Gasteiger partial charge in [0.1, 0.15) is 23.8 Å². The zero-order valence-electron chi connectivity index (χ0n) is 36.6. The van der Waals surface area contributed by atoms with Crippen LogP contribution in [-0.4, -0.2) is 93.8 Å². The molecule has 14 nitrogen and oxygen atoms in total. The van der Waals surface area contributed by atoms with E-state index in [1.54, 1.807) is 41.5 Å². The summed E-state index contributed by atoms with van der Waals surface area (Å²) in [6.07, 6.45) is 8.05. The summed E-state index contributed by atoms with van der Waals surface area (Å²) in [5.41, 5.74) is -0.0202. The summed E-state index contributed by atoms with van der Waals surface area (Å²) >= 11 is 0. The molecular weight excluding hydrogens is 746 g/mol. The van der Waals surface area contributed by atoms with E-state index < -0.39 is 89.6 Å². The minimum absolute atomic E-state index is 0.0941. The number of hydrogen-bond acceptors (Lipinski definition) is 10. The van der Waals surface area contributed by atoms with Crippen LogP contribution >= 0.6 is 0 Å². The third kappa shape index (κ3) is 21.3. The number of nitrogens with one attached hydrogen (secondary N) is 3. The van der Waals surface area contributed by atoms with Crippen molar-refractivity contribution in [3.63, 3.8) is 0 Å². The van der Waals surface area contributed by atoms with Gasteiger partial charge in [-0.25, -0.2) is 9.59 Å². The van der Waals surface area contributed by atoms with E-state index in [4.69, 9.17) is 14.2 Å². The number of rotatable bonds is 29. The lowest BCUT2D eigenvalue weighted by atomic mass is 9.87. The van der Waals surface area contributed by atoms with Crippen molar-refractivity contribution in [3.8, 4) is 0 Å². The fourth-order valence-corrected chi connectivity index (χ4v) is 6.41. The Bertz CT molecular complexity index is 1350. The number of aliphatic hydroxyl groups excluding tert-OH is 2. The zero-order valence-corrected chi connectivity index (χ0v) is 36.6. The first-order valence-electron chi connectivity index (χ1n) is 21.3. The number of alkyl carbamates (subject to hydrolysis) is 1. The molecule has 1 aromatic rings. The number of unbranched alkanes of at least 4 members (excludes halogenated alkanes) is 10. The van der Waals surface area contributed by atoms with Crippen LogP contribution in [-0.2, 0) is 40.0 Å². The lowest BCUT2D eigenvalue weighted by Crippen LogP contribution is -2.60. The molecule has 0 aliphatic carbocycles. The number of aliphatic carboxylic acids is 1. The molecule has 1 rings (SSSR count). The van der Waals surface area contributed by atoms with Gasteiger partial charge in [-0.3, -0.25) is 14.4 Å². The van der Waals surface area contributed by atoms with Crippen molar-refractivity contribution in [2.45, 2.75) is 188 Å². The molecule has 332 valence electrons. The van der Waals surface area contributed by atoms with Crippen molar-refractivity contribution in [1.82, 2.24) is 16.0 Å². The lowest BCUT2D eigenvalue weighted by Gasteiger charge is -2.32. The first kappa shape index (κ1) is 52.3. The number of ether oxygens (including phenoxy) is 3. The van der Waals surface area contributed by atoms with Gasteiger partial charge < -0.3 is 45.5 Å². The maximum atomic E-state index is 14.0. The summed E-state index contributed by atoms with van der Waals surface area (Å²) < 4.78 is 17.2. The summed E-state index contributed by atoms with van der Waals surface area (Å²) in [5, 5.41) is 38.9. The first-order chi connectivity index (χ1) is 27.3. The van der Waals surface area contributed by atoms with E-state index >= 15 is 0 Å². The molecule has 58 heavy (non-hydrogen) atoms. The number of hydrogen-bond donors (Lipinski definition) is 6. The molecule has 0 spiro atoms. The highest BCUT2D eigenvalue weighted by molar-refractivity contribution is 5.93. The molecule has 0 unspecified atom stereocenters. The Morgan fingerprint density at radius 1 is 0.724 bits per heavy atom. The fourth-order valence-electron chi connectivity index (χ4n) is 6.41. The second kappa shape index (κ2) is 27.8. The molecule has 0 saturated carbocycles. The number of carboxylic acid groups (broad SMARTS) is 1. The lowest BCUT2D eigenvalue weighted by molar-refractivity contribution is -0.162. The van der Waals surface area contributed by atoms with Crippen LogP contribution in [0.5, 0.6) is 0 Å². The number of carbonyl (C=O) groups is 5. The number of carbonyl (C=O) groups excluding carboxylic acids is 4. The first-order valence-corrected chi connectivity index (χ1v) is 21.3. The minimum Gasteiger partial charge on any atom is -0.481 e. The van der Waals surface area contributed by atoms with Crippen molar-refractivity contribution < 1.29 is 53.5 Å². The summed E-state index contributed by atoms with van der Waals surface area (Å²) in [6, 6.07) is 5.06. The second-order valence-corrected chi connectivity index (χ2v) is 16.9. The molecule has 0 bridgehead atoms. The van der Waals surface area contributed by atoms with Gasteiger partial charge in [0, 0.05) is 5.92 Å². The van der Waals surface area contributed by atoms with E-state index in [1.165, 1.54) is 52.4 Å². The SMILES string of the molecule is CCCCCCCCCCCCC[C@@H](OC(=O)[C@H](COCc1ccccc1)NC(=O)[C@@H](NC(=O)[C@@H](NC(=O)OC(C)(C)C)C(C)C)[C@@H](C)O)[C@@H](C)[C@@H](O)[C@@H](C)C(=O)O. The van der Waals surface area contributed by atoms with Crippen LogP contribution in [0.4, 0.5) is 4.79 Å². The summed E-state index contributed by atoms with van der Waals surface area (Å²) in [7, 11) is 0. The van der Waals surface area contributed by atoms with Gasteiger partial charge in [-0.1, -0.05) is 122 Å². The van der Waals surface area contributed by atoms with Gasteiger partial charge in [0.15, 0.2) is 6.04 Å². The van der Waals surface area contributed by atoms with Crippen LogP contribution in [0.15, 0.2) is 30.3 Å². The van der Waals surface area contributed by atoms with Crippen LogP contribution in [0, 0.1) is 17.8 Å². The molecule has 6 N–H and O–H groups in total. The molecule has 0 aliphatic rings. The van der Waals surface area contributed by atoms with E-state index in [1.807, 2.05) is 30.3 Å². The van der Waals surface area contributed by atoms with Gasteiger partial charge in [0.05, 0.1) is 31.3 Å². The van der Waals surface area contributed by atoms with Crippen LogP contribution < -0.4 is 16.0 Å². The molecule has 1 aromatic carbocycles. The van der Waals surface area contributed by atoms with Gasteiger partial charge in [-0.05, 0) is 58.9 Å². The molecular formula is C44H75N3O11. The minimum atomic E-state index is -1.55. The monoisotopic (exact) mass is 822 g/mol. The Morgan fingerprint density at radius 3 is 1.76 bits per heavy atom. The Kier molecular flexibility index (Phi) is 25.1. The molecule has 0 fully saturated rings. The van der Waals surface area contributed by atoms with Gasteiger partial charge in [0.2, 0.25) is 11.8 Å². The third-order valence-electron chi connectivity index (χ3n) is 10.1. The summed E-state index contributed by atoms with van der Waals surface area (Å²) in [6.45, 7) is 14.7. The van der Waals surface area contributed by atoms with Gasteiger partial charge in [-0.15, -0.1) is 0 Å². The highest BCUT2D eigenvalue weighted by Gasteiger charge is 2.37. The second-order valence-electron chi connectivity index (χ2n) is 16.9. The normalized spacial score (nSPS) is 15.9. The van der Waals surface area contributed by atoms with Crippen molar-refractivity contribution in [2.75, 3.05) is 6.61 Å². The van der Waals surface area contributed by atoms with E-state index in [0.29, 0.717) is 12.8 Å². The topological polar surface area (TPSA) is 210 Å². The highest BCUT2D eigenvalue weighted by Crippen LogP contribution is 2.25. The Labute approximate surface area is 346 Å². The number of aliphatic hydroxyl groups is 2. The Morgan fingerprint density at radius 2 is 1.26 bits per heavy atom. The van der Waals surface area contributed by atoms with E-state index in [2.05, 4.69) is 22.9 Å². The standard InChI is InChI=1S/C44H75N3O11/c1-10-11-12-13-14-15-16-17-18-19-23-26-35(30(4)38(49)31(5)41(52)53)57-42(54)34(28-56-27-33-24-21-20-22-25-33)45-40(51)37(32(6)48)46-39(50)36(29(2)3)47-43(55)58-44(7,8)9/h20-22,24-25,29-32,34-38,48-49H,10-19,23,26-28H2,1-9H3,(H,45,51)(H,46,50)(H,47,55)(H,52,53)/t30-,31-,32-,34+,35-,36+,37+,38-/m1/s1. The van der Waals surface area contributed by atoms with Crippen LogP contribution in [0.25, 0.3) is 0 Å². The van der Waals surface area contributed by atoms with Crippen molar-refractivity contribution in [3.05, 3.63) is 35.9 Å². The molecule has 0 aromatic heterocycles. The van der Waals surface area contributed by atoms with Crippen molar-refractivity contribution >= 4 is 29.8 Å². The molecule has 3 amide bonds. The molecule has 14 heteroatoms. The number of amides is 3. The predicted octanol–water partition coefficient (Wildman–Crippen LogP) is 6.43. The third-order valence-corrected chi connectivity index (χ3v) is 10.1. The number of benzene rings is 1. The van der Waals surface area contributed by atoms with Gasteiger partial charge in [0.25, 0.3) is 0 Å². The average molecular weight is 822 g/mol. The molecule has 0 heterocycles. The maximum absolute atomic E-state index is 14.0. The number of esters is 1.